The number of ether oxygens (including phenoxy) is 3. The Hall–Kier alpha value is -1.86. The third-order valence-corrected chi connectivity index (χ3v) is 9.02. The molecule has 6 rings (SSSR count). The summed E-state index contributed by atoms with van der Waals surface area (Å²) in [6.07, 6.45) is 3.38. The maximum atomic E-state index is 13.3. The van der Waals surface area contributed by atoms with Crippen molar-refractivity contribution in [2.45, 2.75) is 55.4 Å². The molecule has 4 saturated heterocycles. The van der Waals surface area contributed by atoms with Gasteiger partial charge in [-0.3, -0.25) is 0 Å². The van der Waals surface area contributed by atoms with Crippen molar-refractivity contribution in [2.75, 3.05) is 32.7 Å². The van der Waals surface area contributed by atoms with Crippen LogP contribution in [0.3, 0.4) is 0 Å². The number of esters is 1. The van der Waals surface area contributed by atoms with Crippen LogP contribution in [0.4, 0.5) is 5.69 Å². The fraction of sp³-hybridized carbons (Fsp3) is 0.636. The van der Waals surface area contributed by atoms with Gasteiger partial charge in [0, 0.05) is 30.8 Å². The van der Waals surface area contributed by atoms with Gasteiger partial charge in [-0.15, -0.1) is 0 Å². The highest BCUT2D eigenvalue weighted by molar-refractivity contribution is 7.80. The molecule has 1 aromatic rings. The maximum Gasteiger partial charge on any atom is 0.340 e. The first-order valence-corrected chi connectivity index (χ1v) is 10.7. The molecule has 5 heterocycles. The Kier molecular flexibility index (Phi) is 3.13. The minimum Gasteiger partial charge on any atom is -0.497 e. The van der Waals surface area contributed by atoms with Crippen LogP contribution in [0.15, 0.2) is 18.2 Å². The van der Waals surface area contributed by atoms with Crippen molar-refractivity contribution in [3.05, 3.63) is 23.8 Å². The molecule has 0 saturated carbocycles. The van der Waals surface area contributed by atoms with E-state index in [2.05, 4.69) is 35.9 Å². The van der Waals surface area contributed by atoms with Crippen molar-refractivity contribution < 1.29 is 19.0 Å². The lowest BCUT2D eigenvalue weighted by Crippen LogP contribution is -2.70. The second-order valence-corrected chi connectivity index (χ2v) is 10.00. The number of likely N-dealkylation sites (N-methyl/N-ethyl adjacent to an activating group) is 1. The molecule has 0 unspecified atom stereocenters. The molecule has 29 heavy (non-hydrogen) atoms. The Morgan fingerprint density at radius 2 is 2.10 bits per heavy atom. The van der Waals surface area contributed by atoms with Gasteiger partial charge in [-0.05, 0) is 37.3 Å². The molecule has 0 aromatic heterocycles. The molecule has 4 fully saturated rings. The van der Waals surface area contributed by atoms with Gasteiger partial charge in [-0.25, -0.2) is 4.79 Å². The van der Waals surface area contributed by atoms with Crippen molar-refractivity contribution in [3.63, 3.8) is 0 Å². The Labute approximate surface area is 176 Å². The first kappa shape index (κ1) is 18.0. The number of hydrogen-bond donors (Lipinski definition) is 0. The third kappa shape index (κ3) is 1.55. The summed E-state index contributed by atoms with van der Waals surface area (Å²) in [5.74, 6) is 0.556. The maximum absolute atomic E-state index is 13.3. The van der Waals surface area contributed by atoms with Crippen molar-refractivity contribution in [1.29, 1.82) is 0 Å². The van der Waals surface area contributed by atoms with Gasteiger partial charge in [0.15, 0.2) is 11.3 Å². The normalized spacial score (nSPS) is 43.3. The largest absolute Gasteiger partial charge is 0.497 e. The Balaban J connectivity index is 1.69. The van der Waals surface area contributed by atoms with E-state index in [4.69, 9.17) is 26.4 Å². The molecule has 2 bridgehead atoms. The first-order chi connectivity index (χ1) is 13.8. The van der Waals surface area contributed by atoms with E-state index in [0.717, 1.165) is 42.2 Å². The molecule has 154 valence electrons. The predicted octanol–water partition coefficient (Wildman–Crippen LogP) is 2.63. The quantitative estimate of drug-likeness (QED) is 0.545. The van der Waals surface area contributed by atoms with Crippen LogP contribution in [-0.4, -0.2) is 61.0 Å². The van der Waals surface area contributed by atoms with E-state index < -0.39 is 11.3 Å². The van der Waals surface area contributed by atoms with E-state index in [1.54, 1.807) is 7.11 Å². The molecule has 5 atom stereocenters. The molecule has 7 heteroatoms. The Morgan fingerprint density at radius 1 is 1.31 bits per heavy atom. The van der Waals surface area contributed by atoms with Gasteiger partial charge in [-0.2, -0.15) is 0 Å². The molecule has 5 aliphatic rings. The highest BCUT2D eigenvalue weighted by Crippen LogP contribution is 2.79. The Morgan fingerprint density at radius 3 is 2.83 bits per heavy atom. The lowest BCUT2D eigenvalue weighted by atomic mass is 9.50. The lowest BCUT2D eigenvalue weighted by molar-refractivity contribution is -0.185. The minimum absolute atomic E-state index is 0.122. The minimum atomic E-state index is -0.997. The summed E-state index contributed by atoms with van der Waals surface area (Å²) in [7, 11) is 5.23. The molecule has 0 N–H and O–H groups in total. The van der Waals surface area contributed by atoms with Crippen molar-refractivity contribution in [1.82, 2.24) is 4.90 Å². The summed E-state index contributed by atoms with van der Waals surface area (Å²) in [5, 5.41) is 0. The number of piperidine rings is 1. The topological polar surface area (TPSA) is 51.2 Å². The number of fused-ring (bicyclic) bond motifs is 3. The van der Waals surface area contributed by atoms with E-state index >= 15 is 0 Å². The van der Waals surface area contributed by atoms with Gasteiger partial charge in [0.25, 0.3) is 0 Å². The van der Waals surface area contributed by atoms with Crippen LogP contribution < -0.4 is 9.64 Å². The molecule has 0 radical (unpaired) electrons. The fourth-order valence-electron chi connectivity index (χ4n) is 7.89. The van der Waals surface area contributed by atoms with Crippen molar-refractivity contribution in [2.24, 2.45) is 5.41 Å². The number of nitrogens with zero attached hydrogens (tertiary/aromatic N) is 2. The van der Waals surface area contributed by atoms with E-state index in [1.807, 2.05) is 6.07 Å². The van der Waals surface area contributed by atoms with E-state index in [0.29, 0.717) is 6.42 Å². The molecule has 5 aliphatic heterocycles. The zero-order valence-corrected chi connectivity index (χ0v) is 18.1. The number of methoxy groups -OCH3 is 2. The van der Waals surface area contributed by atoms with Crippen LogP contribution in [0.5, 0.6) is 5.75 Å². The number of carbonyl (C=O) groups is 1. The van der Waals surface area contributed by atoms with Gasteiger partial charge in [0.05, 0.1) is 30.7 Å². The number of hydrogen-bond acceptors (Lipinski definition) is 6. The molecule has 6 nitrogen and oxygen atoms in total. The van der Waals surface area contributed by atoms with Gasteiger partial charge in [0.2, 0.25) is 0 Å². The second-order valence-electron chi connectivity index (χ2n) is 9.53. The predicted molar refractivity (Wildman–Crippen MR) is 111 cm³/mol. The van der Waals surface area contributed by atoms with Crippen LogP contribution in [0, 0.1) is 5.41 Å². The number of carbonyl (C=O) groups excluding carboxylic acids is 1. The molecule has 2 spiro atoms. The third-order valence-electron chi connectivity index (χ3n) is 8.60. The van der Waals surface area contributed by atoms with E-state index in [1.165, 1.54) is 12.7 Å². The van der Waals surface area contributed by atoms with Crippen LogP contribution in [0.25, 0.3) is 0 Å². The highest BCUT2D eigenvalue weighted by atomic mass is 32.1. The zero-order chi connectivity index (χ0) is 20.4. The summed E-state index contributed by atoms with van der Waals surface area (Å²) in [5.41, 5.74) is 0.266. The summed E-state index contributed by atoms with van der Waals surface area (Å²) in [6, 6.07) is 6.17. The van der Waals surface area contributed by atoms with Crippen LogP contribution in [-0.2, 0) is 19.7 Å². The van der Waals surface area contributed by atoms with Crippen LogP contribution in [0.1, 0.15) is 38.2 Å². The summed E-state index contributed by atoms with van der Waals surface area (Å²) >= 11 is 5.83. The van der Waals surface area contributed by atoms with Gasteiger partial charge in [-0.1, -0.05) is 25.2 Å². The summed E-state index contributed by atoms with van der Waals surface area (Å²) in [6.45, 7) is 3.15. The highest BCUT2D eigenvalue weighted by Gasteiger charge is 2.91. The summed E-state index contributed by atoms with van der Waals surface area (Å²) < 4.78 is 17.9. The van der Waals surface area contributed by atoms with E-state index in [-0.39, 0.29) is 22.8 Å². The molecular formula is C22H26N2O4S. The standard InChI is InChI=1S/C22H26N2O4S/c1-19-8-7-16(29)24-10-9-20-14-6-5-13(26-3)11-15(14)23(2)17(20)21(12-19,18(25)27-4)28-22(19,20)24/h5-6,11,17H,7-10,12H2,1-4H3/t17-,19+,20+,21-,22+/m0/s1. The molecule has 1 aromatic carbocycles. The molecule has 0 amide bonds. The second kappa shape index (κ2) is 5.06. The zero-order valence-electron chi connectivity index (χ0n) is 17.3. The average molecular weight is 415 g/mol. The fourth-order valence-corrected chi connectivity index (χ4v) is 8.21. The van der Waals surface area contributed by atoms with Crippen LogP contribution >= 0.6 is 12.2 Å². The summed E-state index contributed by atoms with van der Waals surface area (Å²) in [4.78, 5) is 18.9. The molecule has 0 aliphatic carbocycles. The van der Waals surface area contributed by atoms with Crippen molar-refractivity contribution >= 4 is 28.9 Å². The Bertz CT molecular complexity index is 984. The lowest BCUT2D eigenvalue weighted by Gasteiger charge is -2.57. The van der Waals surface area contributed by atoms with Gasteiger partial charge in [0.1, 0.15) is 5.75 Å². The smallest absolute Gasteiger partial charge is 0.340 e. The van der Waals surface area contributed by atoms with Crippen LogP contribution in [0.2, 0.25) is 0 Å². The monoisotopic (exact) mass is 414 g/mol. The number of thiocarbonyl (C=S) groups is 1. The first-order valence-electron chi connectivity index (χ1n) is 10.3. The van der Waals surface area contributed by atoms with Gasteiger partial charge < -0.3 is 24.0 Å². The van der Waals surface area contributed by atoms with Gasteiger partial charge >= 0.3 is 5.97 Å². The number of rotatable bonds is 2. The average Bonchev–Trinajstić information content (AvgIpc) is 3.36. The SMILES string of the molecule is COC(=O)[C@]12C[C@@]3(C)CCC(=S)N4CC[C@]5(c6ccc(OC)cc6N(C)[C@H]15)[C@@]43O2. The number of anilines is 1. The van der Waals surface area contributed by atoms with Crippen molar-refractivity contribution in [3.8, 4) is 5.75 Å². The van der Waals surface area contributed by atoms with E-state index in [9.17, 15) is 4.79 Å². The molecular weight excluding hydrogens is 388 g/mol. The number of benzene rings is 1.